The van der Waals surface area contributed by atoms with E-state index in [1.807, 2.05) is 0 Å². The first-order valence-electron chi connectivity index (χ1n) is 8.48. The van der Waals surface area contributed by atoms with Crippen molar-refractivity contribution >= 4 is 5.96 Å². The summed E-state index contributed by atoms with van der Waals surface area (Å²) in [7, 11) is 0. The van der Waals surface area contributed by atoms with Gasteiger partial charge in [-0.1, -0.05) is 13.8 Å². The molecule has 1 aliphatic heterocycles. The number of nitrogens with zero attached hydrogens (tertiary/aromatic N) is 2. The predicted molar refractivity (Wildman–Crippen MR) is 89.7 cm³/mol. The zero-order valence-corrected chi connectivity index (χ0v) is 14.2. The summed E-state index contributed by atoms with van der Waals surface area (Å²) in [6, 6.07) is 0.423. The minimum absolute atomic E-state index is 0.0821. The second kappa shape index (κ2) is 10.0. The Hall–Kier alpha value is -0.810. The van der Waals surface area contributed by atoms with Gasteiger partial charge in [0.1, 0.15) is 0 Å². The lowest BCUT2D eigenvalue weighted by molar-refractivity contribution is 0.0824. The average Bonchev–Trinajstić information content (AvgIpc) is 2.45. The van der Waals surface area contributed by atoms with Crippen molar-refractivity contribution in [2.24, 2.45) is 10.9 Å². The molecule has 0 aliphatic carbocycles. The zero-order chi connectivity index (χ0) is 15.7. The van der Waals surface area contributed by atoms with E-state index in [0.717, 1.165) is 57.9 Å². The first-order valence-corrected chi connectivity index (χ1v) is 8.48. The molecule has 0 amide bonds. The van der Waals surface area contributed by atoms with Gasteiger partial charge in [-0.2, -0.15) is 0 Å². The first-order chi connectivity index (χ1) is 10.0. The van der Waals surface area contributed by atoms with Crippen LogP contribution in [0.15, 0.2) is 4.99 Å². The SMILES string of the molecule is CCNC(=NCCCN1CCC(O)CC1)NC(C)C(C)C. The highest BCUT2D eigenvalue weighted by atomic mass is 16.3. The lowest BCUT2D eigenvalue weighted by Gasteiger charge is -2.29. The van der Waals surface area contributed by atoms with Crippen molar-refractivity contribution in [3.8, 4) is 0 Å². The molecule has 5 heteroatoms. The van der Waals surface area contributed by atoms with Crippen LogP contribution >= 0.6 is 0 Å². The number of hydrogen-bond acceptors (Lipinski definition) is 3. The molecule has 0 bridgehead atoms. The van der Waals surface area contributed by atoms with Gasteiger partial charge in [0.15, 0.2) is 5.96 Å². The number of guanidine groups is 1. The Balaban J connectivity index is 2.27. The van der Waals surface area contributed by atoms with Crippen molar-refractivity contribution in [2.45, 2.75) is 59.1 Å². The highest BCUT2D eigenvalue weighted by molar-refractivity contribution is 5.80. The topological polar surface area (TPSA) is 59.9 Å². The number of aliphatic imine (C=N–C) groups is 1. The molecule has 1 rings (SSSR count). The second-order valence-electron chi connectivity index (χ2n) is 6.36. The number of aliphatic hydroxyl groups is 1. The highest BCUT2D eigenvalue weighted by Crippen LogP contribution is 2.09. The average molecular weight is 298 g/mol. The van der Waals surface area contributed by atoms with Gasteiger partial charge in [0.2, 0.25) is 0 Å². The number of hydrogen-bond donors (Lipinski definition) is 3. The lowest BCUT2D eigenvalue weighted by atomic mass is 10.1. The van der Waals surface area contributed by atoms with Crippen LogP contribution < -0.4 is 10.6 Å². The van der Waals surface area contributed by atoms with Crippen molar-refractivity contribution in [2.75, 3.05) is 32.7 Å². The second-order valence-corrected chi connectivity index (χ2v) is 6.36. The van der Waals surface area contributed by atoms with E-state index in [4.69, 9.17) is 0 Å². The maximum Gasteiger partial charge on any atom is 0.191 e. The Kier molecular flexibility index (Phi) is 8.69. The molecule has 5 nitrogen and oxygen atoms in total. The molecule has 0 aromatic carbocycles. The van der Waals surface area contributed by atoms with Crippen LogP contribution in [0.2, 0.25) is 0 Å². The molecule has 0 aromatic heterocycles. The van der Waals surface area contributed by atoms with E-state index in [2.05, 4.69) is 48.2 Å². The molecule has 0 aromatic rings. The number of piperidine rings is 1. The van der Waals surface area contributed by atoms with Crippen molar-refractivity contribution in [1.29, 1.82) is 0 Å². The molecule has 0 radical (unpaired) electrons. The molecule has 0 spiro atoms. The zero-order valence-electron chi connectivity index (χ0n) is 14.2. The summed E-state index contributed by atoms with van der Waals surface area (Å²) in [6.45, 7) is 13.6. The van der Waals surface area contributed by atoms with Gasteiger partial charge in [0.05, 0.1) is 6.10 Å². The van der Waals surface area contributed by atoms with Crippen LogP contribution in [0.4, 0.5) is 0 Å². The standard InChI is InChI=1S/C16H34N4O/c1-5-17-16(19-14(4)13(2)3)18-9-6-10-20-11-7-15(21)8-12-20/h13-15,21H,5-12H2,1-4H3,(H2,17,18,19). The summed E-state index contributed by atoms with van der Waals surface area (Å²) in [6.07, 6.45) is 2.82. The summed E-state index contributed by atoms with van der Waals surface area (Å²) < 4.78 is 0. The van der Waals surface area contributed by atoms with Gasteiger partial charge in [-0.3, -0.25) is 4.99 Å². The Bertz CT molecular complexity index is 299. The molecule has 1 heterocycles. The van der Waals surface area contributed by atoms with Gasteiger partial charge in [-0.25, -0.2) is 0 Å². The monoisotopic (exact) mass is 298 g/mol. The predicted octanol–water partition coefficient (Wildman–Crippen LogP) is 1.43. The first kappa shape index (κ1) is 18.2. The van der Waals surface area contributed by atoms with Crippen LogP contribution in [-0.4, -0.2) is 60.8 Å². The maximum atomic E-state index is 9.49. The summed E-state index contributed by atoms with van der Waals surface area (Å²) in [4.78, 5) is 7.08. The van der Waals surface area contributed by atoms with E-state index in [1.54, 1.807) is 0 Å². The third-order valence-electron chi connectivity index (χ3n) is 4.17. The maximum absolute atomic E-state index is 9.49. The minimum Gasteiger partial charge on any atom is -0.393 e. The van der Waals surface area contributed by atoms with Crippen LogP contribution in [0.1, 0.15) is 47.0 Å². The Morgan fingerprint density at radius 3 is 2.52 bits per heavy atom. The number of rotatable bonds is 7. The third-order valence-corrected chi connectivity index (χ3v) is 4.17. The van der Waals surface area contributed by atoms with Crippen molar-refractivity contribution < 1.29 is 5.11 Å². The smallest absolute Gasteiger partial charge is 0.191 e. The van der Waals surface area contributed by atoms with Crippen molar-refractivity contribution in [1.82, 2.24) is 15.5 Å². The molecular formula is C16H34N4O. The summed E-state index contributed by atoms with van der Waals surface area (Å²) in [5.74, 6) is 1.52. The fraction of sp³-hybridized carbons (Fsp3) is 0.938. The normalized spacial score (nSPS) is 19.8. The van der Waals surface area contributed by atoms with E-state index in [0.29, 0.717) is 12.0 Å². The van der Waals surface area contributed by atoms with Crippen LogP contribution in [0, 0.1) is 5.92 Å². The molecule has 1 atom stereocenters. The minimum atomic E-state index is -0.0821. The van der Waals surface area contributed by atoms with E-state index >= 15 is 0 Å². The molecule has 124 valence electrons. The van der Waals surface area contributed by atoms with E-state index in [1.165, 1.54) is 0 Å². The number of likely N-dealkylation sites (tertiary alicyclic amines) is 1. The highest BCUT2D eigenvalue weighted by Gasteiger charge is 2.16. The number of aliphatic hydroxyl groups excluding tert-OH is 1. The van der Waals surface area contributed by atoms with E-state index in [-0.39, 0.29) is 6.10 Å². The molecule has 1 unspecified atom stereocenters. The van der Waals surface area contributed by atoms with Crippen molar-refractivity contribution in [3.05, 3.63) is 0 Å². The Morgan fingerprint density at radius 1 is 1.29 bits per heavy atom. The van der Waals surface area contributed by atoms with Crippen LogP contribution in [0.25, 0.3) is 0 Å². The fourth-order valence-corrected chi connectivity index (χ4v) is 2.33. The van der Waals surface area contributed by atoms with Gasteiger partial charge in [0.25, 0.3) is 0 Å². The Morgan fingerprint density at radius 2 is 1.95 bits per heavy atom. The summed E-state index contributed by atoms with van der Waals surface area (Å²) in [5.41, 5.74) is 0. The van der Waals surface area contributed by atoms with Gasteiger partial charge < -0.3 is 20.6 Å². The summed E-state index contributed by atoms with van der Waals surface area (Å²) in [5, 5.41) is 16.3. The molecule has 1 aliphatic rings. The van der Waals surface area contributed by atoms with Crippen LogP contribution in [-0.2, 0) is 0 Å². The van der Waals surface area contributed by atoms with Crippen LogP contribution in [0.5, 0.6) is 0 Å². The largest absolute Gasteiger partial charge is 0.393 e. The summed E-state index contributed by atoms with van der Waals surface area (Å²) >= 11 is 0. The van der Waals surface area contributed by atoms with Crippen molar-refractivity contribution in [3.63, 3.8) is 0 Å². The Labute approximate surface area is 130 Å². The van der Waals surface area contributed by atoms with Crippen LogP contribution in [0.3, 0.4) is 0 Å². The van der Waals surface area contributed by atoms with E-state index in [9.17, 15) is 5.11 Å². The lowest BCUT2D eigenvalue weighted by Crippen LogP contribution is -2.44. The number of nitrogens with one attached hydrogen (secondary N) is 2. The molecule has 3 N–H and O–H groups in total. The van der Waals surface area contributed by atoms with E-state index < -0.39 is 0 Å². The van der Waals surface area contributed by atoms with Gasteiger partial charge in [0, 0.05) is 32.2 Å². The molecule has 1 fully saturated rings. The third kappa shape index (κ3) is 7.67. The molecule has 21 heavy (non-hydrogen) atoms. The quantitative estimate of drug-likeness (QED) is 0.378. The molecule has 0 saturated carbocycles. The van der Waals surface area contributed by atoms with Gasteiger partial charge in [-0.15, -0.1) is 0 Å². The van der Waals surface area contributed by atoms with Gasteiger partial charge in [-0.05, 0) is 45.6 Å². The van der Waals surface area contributed by atoms with Gasteiger partial charge >= 0.3 is 0 Å². The molecular weight excluding hydrogens is 264 g/mol. The fourth-order valence-electron chi connectivity index (χ4n) is 2.33. The molecule has 1 saturated heterocycles.